The van der Waals surface area contributed by atoms with Crippen LogP contribution in [0, 0.1) is 5.82 Å². The van der Waals surface area contributed by atoms with E-state index in [9.17, 15) is 9.18 Å². The van der Waals surface area contributed by atoms with E-state index in [1.54, 1.807) is 12.1 Å². The van der Waals surface area contributed by atoms with Crippen molar-refractivity contribution >= 4 is 22.6 Å². The largest absolute Gasteiger partial charge is 0.472 e. The standard InChI is InChI=1S/C19H18FN3O2/c20-15-3-1-13-2-4-18(22-17(13)11-15)21-16-5-8-23(9-6-16)19(24)14-7-10-25-12-14/h1-4,7,10-12,16H,5-6,8-9H2,(H,21,22). The number of pyridine rings is 1. The number of carbonyl (C=O) groups excluding carboxylic acids is 1. The van der Waals surface area contributed by atoms with E-state index >= 15 is 0 Å². The SMILES string of the molecule is O=C(c1ccoc1)N1CCC(Nc2ccc3ccc(F)cc3n2)CC1. The number of benzene rings is 1. The molecule has 128 valence electrons. The van der Waals surface area contributed by atoms with Crippen molar-refractivity contribution in [3.8, 4) is 0 Å². The number of furan rings is 1. The molecule has 1 amide bonds. The summed E-state index contributed by atoms with van der Waals surface area (Å²) in [4.78, 5) is 18.6. The van der Waals surface area contributed by atoms with E-state index in [1.807, 2.05) is 17.0 Å². The number of halogens is 1. The minimum Gasteiger partial charge on any atom is -0.472 e. The van der Waals surface area contributed by atoms with Gasteiger partial charge in [0.25, 0.3) is 5.91 Å². The zero-order valence-electron chi connectivity index (χ0n) is 13.6. The summed E-state index contributed by atoms with van der Waals surface area (Å²) in [6.07, 6.45) is 4.67. The zero-order chi connectivity index (χ0) is 17.2. The molecule has 1 aliphatic heterocycles. The summed E-state index contributed by atoms with van der Waals surface area (Å²) < 4.78 is 18.3. The van der Waals surface area contributed by atoms with Gasteiger partial charge in [0.2, 0.25) is 0 Å². The predicted molar refractivity (Wildman–Crippen MR) is 93.0 cm³/mol. The summed E-state index contributed by atoms with van der Waals surface area (Å²) in [7, 11) is 0. The van der Waals surface area contributed by atoms with Crippen LogP contribution in [0.1, 0.15) is 23.2 Å². The normalized spacial score (nSPS) is 15.5. The highest BCUT2D eigenvalue weighted by Crippen LogP contribution is 2.20. The number of amides is 1. The van der Waals surface area contributed by atoms with E-state index in [-0.39, 0.29) is 17.8 Å². The number of nitrogens with zero attached hydrogens (tertiary/aromatic N) is 2. The minimum absolute atomic E-state index is 0.00602. The van der Waals surface area contributed by atoms with Gasteiger partial charge in [-0.15, -0.1) is 0 Å². The lowest BCUT2D eigenvalue weighted by Gasteiger charge is -2.32. The highest BCUT2D eigenvalue weighted by atomic mass is 19.1. The van der Waals surface area contributed by atoms with E-state index in [0.29, 0.717) is 24.2 Å². The molecule has 4 rings (SSSR count). The molecule has 2 aromatic heterocycles. The topological polar surface area (TPSA) is 58.4 Å². The van der Waals surface area contributed by atoms with Crippen LogP contribution in [0.5, 0.6) is 0 Å². The Morgan fingerprint density at radius 2 is 2.00 bits per heavy atom. The number of hydrogen-bond donors (Lipinski definition) is 1. The van der Waals surface area contributed by atoms with Gasteiger partial charge in [0.05, 0.1) is 17.3 Å². The second kappa shape index (κ2) is 6.55. The Hall–Kier alpha value is -2.89. The van der Waals surface area contributed by atoms with Crippen LogP contribution in [0.15, 0.2) is 53.3 Å². The van der Waals surface area contributed by atoms with E-state index in [1.165, 1.54) is 24.7 Å². The molecule has 1 N–H and O–H groups in total. The van der Waals surface area contributed by atoms with Crippen molar-refractivity contribution in [1.82, 2.24) is 9.88 Å². The Morgan fingerprint density at radius 3 is 2.76 bits per heavy atom. The average molecular weight is 339 g/mol. The summed E-state index contributed by atoms with van der Waals surface area (Å²) in [5, 5.41) is 4.31. The fourth-order valence-electron chi connectivity index (χ4n) is 3.18. The molecule has 1 aromatic carbocycles. The number of carbonyl (C=O) groups is 1. The van der Waals surface area contributed by atoms with E-state index in [2.05, 4.69) is 10.3 Å². The molecule has 3 heterocycles. The third kappa shape index (κ3) is 3.33. The lowest BCUT2D eigenvalue weighted by atomic mass is 10.0. The van der Waals surface area contributed by atoms with Gasteiger partial charge >= 0.3 is 0 Å². The van der Waals surface area contributed by atoms with E-state index in [4.69, 9.17) is 4.42 Å². The molecule has 1 aliphatic rings. The molecule has 0 unspecified atom stereocenters. The maximum Gasteiger partial charge on any atom is 0.257 e. The van der Waals surface area contributed by atoms with Crippen molar-refractivity contribution in [1.29, 1.82) is 0 Å². The van der Waals surface area contributed by atoms with Gasteiger partial charge in [-0.1, -0.05) is 0 Å². The number of piperidine rings is 1. The second-order valence-corrected chi connectivity index (χ2v) is 6.26. The van der Waals surface area contributed by atoms with Crippen molar-refractivity contribution < 1.29 is 13.6 Å². The van der Waals surface area contributed by atoms with Gasteiger partial charge < -0.3 is 14.6 Å². The van der Waals surface area contributed by atoms with Crippen molar-refractivity contribution in [2.24, 2.45) is 0 Å². The number of fused-ring (bicyclic) bond motifs is 1. The Bertz CT molecular complexity index is 887. The average Bonchev–Trinajstić information content (AvgIpc) is 3.16. The lowest BCUT2D eigenvalue weighted by Crippen LogP contribution is -2.42. The molecule has 0 atom stereocenters. The third-order valence-corrected chi connectivity index (χ3v) is 4.56. The van der Waals surface area contributed by atoms with Gasteiger partial charge in [-0.2, -0.15) is 0 Å². The Balaban J connectivity index is 1.39. The van der Waals surface area contributed by atoms with Crippen LogP contribution >= 0.6 is 0 Å². The molecule has 0 bridgehead atoms. The summed E-state index contributed by atoms with van der Waals surface area (Å²) in [5.41, 5.74) is 1.22. The van der Waals surface area contributed by atoms with Crippen molar-refractivity contribution in [2.45, 2.75) is 18.9 Å². The van der Waals surface area contributed by atoms with Crippen LogP contribution in [0.4, 0.5) is 10.2 Å². The Morgan fingerprint density at radius 1 is 1.20 bits per heavy atom. The second-order valence-electron chi connectivity index (χ2n) is 6.26. The first-order valence-electron chi connectivity index (χ1n) is 8.33. The van der Waals surface area contributed by atoms with Gasteiger partial charge in [-0.25, -0.2) is 9.37 Å². The molecule has 1 saturated heterocycles. The van der Waals surface area contributed by atoms with Crippen LogP contribution in [0.3, 0.4) is 0 Å². The highest BCUT2D eigenvalue weighted by molar-refractivity contribution is 5.93. The first-order valence-corrected chi connectivity index (χ1v) is 8.33. The number of likely N-dealkylation sites (tertiary alicyclic amines) is 1. The first kappa shape index (κ1) is 15.6. The van der Waals surface area contributed by atoms with Crippen LogP contribution in [-0.2, 0) is 0 Å². The van der Waals surface area contributed by atoms with Crippen LogP contribution in [0.25, 0.3) is 10.9 Å². The van der Waals surface area contributed by atoms with Gasteiger partial charge in [0, 0.05) is 30.6 Å². The van der Waals surface area contributed by atoms with Crippen molar-refractivity contribution in [3.05, 3.63) is 60.3 Å². The maximum atomic E-state index is 13.4. The molecule has 25 heavy (non-hydrogen) atoms. The molecule has 6 heteroatoms. The fourth-order valence-corrected chi connectivity index (χ4v) is 3.18. The van der Waals surface area contributed by atoms with Crippen LogP contribution < -0.4 is 5.32 Å². The molecular weight excluding hydrogens is 321 g/mol. The summed E-state index contributed by atoms with van der Waals surface area (Å²) >= 11 is 0. The molecule has 0 saturated carbocycles. The molecule has 0 spiro atoms. The van der Waals surface area contributed by atoms with E-state index < -0.39 is 0 Å². The first-order chi connectivity index (χ1) is 12.2. The number of aromatic nitrogens is 1. The van der Waals surface area contributed by atoms with Crippen LogP contribution in [-0.4, -0.2) is 34.9 Å². The van der Waals surface area contributed by atoms with Crippen molar-refractivity contribution in [2.75, 3.05) is 18.4 Å². The Kier molecular flexibility index (Phi) is 4.09. The zero-order valence-corrected chi connectivity index (χ0v) is 13.6. The van der Waals surface area contributed by atoms with E-state index in [0.717, 1.165) is 24.0 Å². The predicted octanol–water partition coefficient (Wildman–Crippen LogP) is 3.68. The molecule has 1 fully saturated rings. The van der Waals surface area contributed by atoms with Gasteiger partial charge in [0.1, 0.15) is 17.9 Å². The van der Waals surface area contributed by atoms with Gasteiger partial charge in [-0.3, -0.25) is 4.79 Å². The van der Waals surface area contributed by atoms with Gasteiger partial charge in [-0.05, 0) is 43.2 Å². The summed E-state index contributed by atoms with van der Waals surface area (Å²) in [6, 6.07) is 10.4. The smallest absolute Gasteiger partial charge is 0.257 e. The maximum absolute atomic E-state index is 13.4. The molecular formula is C19H18FN3O2. The monoisotopic (exact) mass is 339 g/mol. The van der Waals surface area contributed by atoms with Crippen LogP contribution in [0.2, 0.25) is 0 Å². The summed E-state index contributed by atoms with van der Waals surface area (Å²) in [6.45, 7) is 1.37. The number of nitrogens with one attached hydrogen (secondary N) is 1. The molecule has 5 nitrogen and oxygen atoms in total. The number of hydrogen-bond acceptors (Lipinski definition) is 4. The number of rotatable bonds is 3. The fraction of sp³-hybridized carbons (Fsp3) is 0.263. The quantitative estimate of drug-likeness (QED) is 0.791. The third-order valence-electron chi connectivity index (χ3n) is 4.56. The summed E-state index contributed by atoms with van der Waals surface area (Å²) in [5.74, 6) is 0.451. The Labute approximate surface area is 144 Å². The van der Waals surface area contributed by atoms with Gasteiger partial charge in [0.15, 0.2) is 0 Å². The number of anilines is 1. The molecule has 0 aliphatic carbocycles. The van der Waals surface area contributed by atoms with Crippen molar-refractivity contribution in [3.63, 3.8) is 0 Å². The highest BCUT2D eigenvalue weighted by Gasteiger charge is 2.24. The molecule has 0 radical (unpaired) electrons. The minimum atomic E-state index is -0.289. The lowest BCUT2D eigenvalue weighted by molar-refractivity contribution is 0.0717. The molecule has 3 aromatic rings.